The highest BCUT2D eigenvalue weighted by Gasteiger charge is 2.25. The van der Waals surface area contributed by atoms with Crippen molar-refractivity contribution in [3.8, 4) is 5.75 Å². The minimum absolute atomic E-state index is 0.340. The van der Waals surface area contributed by atoms with Crippen LogP contribution in [0.4, 0.5) is 0 Å². The van der Waals surface area contributed by atoms with E-state index < -0.39 is 0 Å². The zero-order chi connectivity index (χ0) is 16.1. The molecule has 0 spiro atoms. The van der Waals surface area contributed by atoms with Crippen LogP contribution < -0.4 is 10.1 Å². The molecular weight excluding hydrogens is 288 g/mol. The van der Waals surface area contributed by atoms with Gasteiger partial charge in [0.1, 0.15) is 5.75 Å². The molecule has 126 valence electrons. The molecule has 1 aromatic rings. The summed E-state index contributed by atoms with van der Waals surface area (Å²) in [6.45, 7) is 2.92. The van der Waals surface area contributed by atoms with Gasteiger partial charge in [-0.25, -0.2) is 0 Å². The maximum absolute atomic E-state index is 12.4. The van der Waals surface area contributed by atoms with Crippen LogP contribution in [0.2, 0.25) is 0 Å². The maximum Gasteiger partial charge on any atom is 0.224 e. The first kappa shape index (κ1) is 16.3. The van der Waals surface area contributed by atoms with E-state index in [1.807, 2.05) is 12.1 Å². The fourth-order valence-electron chi connectivity index (χ4n) is 3.75. The molecule has 0 aliphatic carbocycles. The van der Waals surface area contributed by atoms with Crippen molar-refractivity contribution in [1.82, 2.24) is 10.2 Å². The van der Waals surface area contributed by atoms with Gasteiger partial charge in [0.2, 0.25) is 5.91 Å². The third-order valence-corrected chi connectivity index (χ3v) is 5.23. The Morgan fingerprint density at radius 3 is 2.57 bits per heavy atom. The van der Waals surface area contributed by atoms with Crippen molar-refractivity contribution in [2.75, 3.05) is 26.7 Å². The average Bonchev–Trinajstić information content (AvgIpc) is 3.09. The van der Waals surface area contributed by atoms with Gasteiger partial charge in [0.15, 0.2) is 0 Å². The molecule has 1 aromatic carbocycles. The van der Waals surface area contributed by atoms with Crippen LogP contribution in [0.25, 0.3) is 0 Å². The Morgan fingerprint density at radius 1 is 1.22 bits per heavy atom. The van der Waals surface area contributed by atoms with E-state index in [1.54, 1.807) is 7.11 Å². The number of hydrogen-bond acceptors (Lipinski definition) is 3. The Labute approximate surface area is 139 Å². The molecule has 3 rings (SSSR count). The molecule has 2 aliphatic heterocycles. The Bertz CT molecular complexity index is 501. The highest BCUT2D eigenvalue weighted by Crippen LogP contribution is 2.24. The Hall–Kier alpha value is -1.55. The van der Waals surface area contributed by atoms with E-state index in [2.05, 4.69) is 22.3 Å². The molecule has 1 N–H and O–H groups in total. The van der Waals surface area contributed by atoms with Gasteiger partial charge in [-0.15, -0.1) is 0 Å². The predicted octanol–water partition coefficient (Wildman–Crippen LogP) is 2.62. The lowest BCUT2D eigenvalue weighted by atomic mass is 9.90. The van der Waals surface area contributed by atoms with Gasteiger partial charge in [0.05, 0.1) is 7.11 Å². The van der Waals surface area contributed by atoms with E-state index in [4.69, 9.17) is 4.74 Å². The summed E-state index contributed by atoms with van der Waals surface area (Å²) in [7, 11) is 1.70. The number of carbonyl (C=O) groups is 1. The monoisotopic (exact) mass is 316 g/mol. The number of hydrogen-bond donors (Lipinski definition) is 1. The third-order valence-electron chi connectivity index (χ3n) is 5.23. The van der Waals surface area contributed by atoms with Crippen molar-refractivity contribution in [3.63, 3.8) is 0 Å². The molecule has 2 heterocycles. The maximum atomic E-state index is 12.4. The van der Waals surface area contributed by atoms with Crippen molar-refractivity contribution in [1.29, 1.82) is 0 Å². The number of piperidine rings is 1. The summed E-state index contributed by atoms with van der Waals surface area (Å²) in [6, 6.07) is 8.79. The van der Waals surface area contributed by atoms with Gasteiger partial charge >= 0.3 is 0 Å². The number of rotatable bonds is 5. The fraction of sp³-hybridized carbons (Fsp3) is 0.632. The lowest BCUT2D eigenvalue weighted by Gasteiger charge is -2.32. The second-order valence-corrected chi connectivity index (χ2v) is 6.87. The van der Waals surface area contributed by atoms with Crippen molar-refractivity contribution in [2.24, 2.45) is 5.92 Å². The summed E-state index contributed by atoms with van der Waals surface area (Å²) in [5, 5.41) is 3.42. The molecule has 4 nitrogen and oxygen atoms in total. The normalized spacial score (nSPS) is 22.3. The molecule has 0 radical (unpaired) electrons. The van der Waals surface area contributed by atoms with Gasteiger partial charge in [-0.2, -0.15) is 0 Å². The zero-order valence-electron chi connectivity index (χ0n) is 14.1. The Morgan fingerprint density at radius 2 is 1.96 bits per heavy atom. The van der Waals surface area contributed by atoms with E-state index in [-0.39, 0.29) is 0 Å². The average molecular weight is 316 g/mol. The summed E-state index contributed by atoms with van der Waals surface area (Å²) in [6.07, 6.45) is 6.40. The predicted molar refractivity (Wildman–Crippen MR) is 91.6 cm³/mol. The van der Waals surface area contributed by atoms with Crippen LogP contribution in [-0.2, 0) is 11.2 Å². The van der Waals surface area contributed by atoms with Crippen LogP contribution >= 0.6 is 0 Å². The molecular formula is C19H28N2O2. The van der Waals surface area contributed by atoms with Crippen molar-refractivity contribution in [2.45, 2.75) is 44.6 Å². The number of nitrogens with zero attached hydrogens (tertiary/aromatic N) is 1. The molecule has 0 bridgehead atoms. The molecule has 1 unspecified atom stereocenters. The highest BCUT2D eigenvalue weighted by atomic mass is 16.5. The number of ether oxygens (including phenoxy) is 1. The van der Waals surface area contributed by atoms with E-state index >= 15 is 0 Å². The first-order chi connectivity index (χ1) is 11.2. The largest absolute Gasteiger partial charge is 0.497 e. The van der Waals surface area contributed by atoms with Gasteiger partial charge in [-0.1, -0.05) is 12.1 Å². The Kier molecular flexibility index (Phi) is 5.55. The van der Waals surface area contributed by atoms with E-state index in [1.165, 1.54) is 12.0 Å². The molecule has 0 saturated carbocycles. The topological polar surface area (TPSA) is 41.6 Å². The van der Waals surface area contributed by atoms with Crippen molar-refractivity contribution >= 4 is 5.91 Å². The number of nitrogens with one attached hydrogen (secondary N) is 1. The molecule has 1 atom stereocenters. The minimum atomic E-state index is 0.340. The van der Waals surface area contributed by atoms with Crippen molar-refractivity contribution < 1.29 is 9.53 Å². The number of likely N-dealkylation sites (tertiary alicyclic amines) is 1. The third kappa shape index (κ3) is 4.47. The SMILES string of the molecule is COc1ccc(CC2CCN(C(=O)CC3CCCN3)CC2)cc1. The highest BCUT2D eigenvalue weighted by molar-refractivity contribution is 5.77. The second-order valence-electron chi connectivity index (χ2n) is 6.87. The zero-order valence-corrected chi connectivity index (χ0v) is 14.1. The molecule has 4 heteroatoms. The van der Waals surface area contributed by atoms with Gasteiger partial charge in [0.25, 0.3) is 0 Å². The van der Waals surface area contributed by atoms with E-state index in [0.717, 1.165) is 51.1 Å². The van der Waals surface area contributed by atoms with Gasteiger partial charge in [-0.3, -0.25) is 4.79 Å². The summed E-state index contributed by atoms with van der Waals surface area (Å²) in [4.78, 5) is 14.4. The Balaban J connectivity index is 1.43. The summed E-state index contributed by atoms with van der Waals surface area (Å²) in [5.41, 5.74) is 1.37. The fourth-order valence-corrected chi connectivity index (χ4v) is 3.75. The molecule has 2 saturated heterocycles. The number of benzene rings is 1. The number of carbonyl (C=O) groups excluding carboxylic acids is 1. The van der Waals surface area contributed by atoms with Crippen molar-refractivity contribution in [3.05, 3.63) is 29.8 Å². The molecule has 2 fully saturated rings. The number of methoxy groups -OCH3 is 1. The van der Waals surface area contributed by atoms with Crippen LogP contribution in [0.15, 0.2) is 24.3 Å². The van der Waals surface area contributed by atoms with Crippen LogP contribution in [0.1, 0.15) is 37.7 Å². The molecule has 0 aromatic heterocycles. The van der Waals surface area contributed by atoms with E-state index in [9.17, 15) is 4.79 Å². The molecule has 1 amide bonds. The summed E-state index contributed by atoms with van der Waals surface area (Å²) >= 11 is 0. The quantitative estimate of drug-likeness (QED) is 0.908. The lowest BCUT2D eigenvalue weighted by molar-refractivity contribution is -0.133. The minimum Gasteiger partial charge on any atom is -0.497 e. The van der Waals surface area contributed by atoms with Crippen LogP contribution in [0, 0.1) is 5.92 Å². The molecule has 23 heavy (non-hydrogen) atoms. The van der Waals surface area contributed by atoms with Gasteiger partial charge in [0, 0.05) is 25.6 Å². The van der Waals surface area contributed by atoms with Crippen LogP contribution in [0.5, 0.6) is 5.75 Å². The molecule has 2 aliphatic rings. The van der Waals surface area contributed by atoms with Gasteiger partial charge < -0.3 is 15.0 Å². The van der Waals surface area contributed by atoms with Crippen LogP contribution in [0.3, 0.4) is 0 Å². The first-order valence-corrected chi connectivity index (χ1v) is 8.88. The van der Waals surface area contributed by atoms with Crippen LogP contribution in [-0.4, -0.2) is 43.6 Å². The second kappa shape index (κ2) is 7.82. The standard InChI is InChI=1S/C19H28N2O2/c1-23-18-6-4-15(5-7-18)13-16-8-11-21(12-9-16)19(22)14-17-3-2-10-20-17/h4-7,16-17,20H,2-3,8-14H2,1H3. The summed E-state index contributed by atoms with van der Waals surface area (Å²) in [5.74, 6) is 1.94. The van der Waals surface area contributed by atoms with Gasteiger partial charge in [-0.05, 0) is 62.3 Å². The first-order valence-electron chi connectivity index (χ1n) is 8.88. The smallest absolute Gasteiger partial charge is 0.224 e. The lowest BCUT2D eigenvalue weighted by Crippen LogP contribution is -2.41. The summed E-state index contributed by atoms with van der Waals surface area (Å²) < 4.78 is 5.20. The van der Waals surface area contributed by atoms with E-state index in [0.29, 0.717) is 24.3 Å². The number of amides is 1.